The van der Waals surface area contributed by atoms with Gasteiger partial charge in [0.15, 0.2) is 0 Å². The Balaban J connectivity index is 1.61. The third-order valence-electron chi connectivity index (χ3n) is 5.35. The van der Waals surface area contributed by atoms with Gasteiger partial charge in [0.25, 0.3) is 5.91 Å². The molecule has 1 aliphatic rings. The first-order chi connectivity index (χ1) is 13.4. The van der Waals surface area contributed by atoms with Crippen molar-refractivity contribution in [2.45, 2.75) is 45.2 Å². The van der Waals surface area contributed by atoms with Crippen molar-refractivity contribution >= 4 is 18.5 Å². The molecule has 0 aliphatic carbocycles. The van der Waals surface area contributed by atoms with E-state index in [0.717, 1.165) is 19.4 Å². The maximum atomic E-state index is 12.8. The first-order valence-corrected chi connectivity index (χ1v) is 10.0. The molecule has 5 nitrogen and oxygen atoms in total. The molecule has 2 aromatic carbocycles. The van der Waals surface area contributed by atoms with Crippen molar-refractivity contribution in [2.24, 2.45) is 0 Å². The molecule has 0 aromatic heterocycles. The molecule has 2 aromatic rings. The third kappa shape index (κ3) is 5.22. The van der Waals surface area contributed by atoms with Gasteiger partial charge in [-0.3, -0.25) is 4.79 Å². The molecule has 3 rings (SSSR count). The number of amides is 1. The summed E-state index contributed by atoms with van der Waals surface area (Å²) >= 11 is 0. The number of likely N-dealkylation sites (tertiary alicyclic amines) is 1. The highest BCUT2D eigenvalue weighted by Gasteiger charge is 2.25. The highest BCUT2D eigenvalue weighted by atomic mass is 16.4. The summed E-state index contributed by atoms with van der Waals surface area (Å²) in [6, 6.07) is 15.8. The first kappa shape index (κ1) is 20.6. The van der Waals surface area contributed by atoms with Crippen LogP contribution in [0.5, 0.6) is 0 Å². The van der Waals surface area contributed by atoms with Crippen LogP contribution in [0.2, 0.25) is 0 Å². The van der Waals surface area contributed by atoms with Crippen molar-refractivity contribution in [3.8, 4) is 0 Å². The van der Waals surface area contributed by atoms with E-state index >= 15 is 0 Å². The molecule has 1 fully saturated rings. The summed E-state index contributed by atoms with van der Waals surface area (Å²) in [5.74, 6) is 0.421. The van der Waals surface area contributed by atoms with E-state index in [1.807, 2.05) is 4.90 Å². The predicted molar refractivity (Wildman–Crippen MR) is 113 cm³/mol. The summed E-state index contributed by atoms with van der Waals surface area (Å²) in [4.78, 5) is 14.6. The Morgan fingerprint density at radius 2 is 1.86 bits per heavy atom. The SMILES string of the molecule is CC(C)NCc1cccc(C2CCN(C(=O)c3cccc(B(O)O)c3)CC2)c1. The van der Waals surface area contributed by atoms with Gasteiger partial charge in [-0.2, -0.15) is 0 Å². The van der Waals surface area contributed by atoms with Gasteiger partial charge in [-0.05, 0) is 47.5 Å². The number of benzene rings is 2. The monoisotopic (exact) mass is 380 g/mol. The fraction of sp³-hybridized carbons (Fsp3) is 0.409. The Labute approximate surface area is 167 Å². The number of nitrogens with zero attached hydrogens (tertiary/aromatic N) is 1. The maximum Gasteiger partial charge on any atom is 0.488 e. The van der Waals surface area contributed by atoms with Crippen LogP contribution in [-0.4, -0.2) is 47.1 Å². The van der Waals surface area contributed by atoms with Crippen molar-refractivity contribution in [3.63, 3.8) is 0 Å². The Bertz CT molecular complexity index is 802. The molecule has 0 unspecified atom stereocenters. The van der Waals surface area contributed by atoms with Crippen LogP contribution in [0, 0.1) is 0 Å². The average molecular weight is 380 g/mol. The molecule has 6 heteroatoms. The topological polar surface area (TPSA) is 72.8 Å². The lowest BCUT2D eigenvalue weighted by Gasteiger charge is -2.32. The summed E-state index contributed by atoms with van der Waals surface area (Å²) in [6.45, 7) is 6.59. The summed E-state index contributed by atoms with van der Waals surface area (Å²) in [6.07, 6.45) is 1.88. The molecule has 1 aliphatic heterocycles. The molecular formula is C22H29BN2O3. The van der Waals surface area contributed by atoms with Crippen molar-refractivity contribution in [1.82, 2.24) is 10.2 Å². The normalized spacial score (nSPS) is 15.1. The van der Waals surface area contributed by atoms with E-state index in [0.29, 0.717) is 36.1 Å². The molecule has 0 saturated carbocycles. The van der Waals surface area contributed by atoms with Crippen LogP contribution < -0.4 is 10.8 Å². The van der Waals surface area contributed by atoms with E-state index in [-0.39, 0.29) is 5.91 Å². The van der Waals surface area contributed by atoms with Gasteiger partial charge in [-0.1, -0.05) is 50.2 Å². The van der Waals surface area contributed by atoms with Crippen LogP contribution in [0.1, 0.15) is 54.1 Å². The van der Waals surface area contributed by atoms with E-state index < -0.39 is 7.12 Å². The summed E-state index contributed by atoms with van der Waals surface area (Å²) in [5.41, 5.74) is 3.49. The molecule has 1 saturated heterocycles. The minimum Gasteiger partial charge on any atom is -0.423 e. The largest absolute Gasteiger partial charge is 0.488 e. The molecular weight excluding hydrogens is 351 g/mol. The third-order valence-corrected chi connectivity index (χ3v) is 5.35. The van der Waals surface area contributed by atoms with Gasteiger partial charge in [0.1, 0.15) is 0 Å². The van der Waals surface area contributed by atoms with Crippen LogP contribution in [0.4, 0.5) is 0 Å². The van der Waals surface area contributed by atoms with Gasteiger partial charge < -0.3 is 20.3 Å². The Kier molecular flexibility index (Phi) is 6.89. The zero-order valence-electron chi connectivity index (χ0n) is 16.6. The van der Waals surface area contributed by atoms with E-state index in [1.54, 1.807) is 24.3 Å². The number of carbonyl (C=O) groups is 1. The molecule has 28 heavy (non-hydrogen) atoms. The molecule has 0 bridgehead atoms. The van der Waals surface area contributed by atoms with Crippen molar-refractivity contribution < 1.29 is 14.8 Å². The lowest BCUT2D eigenvalue weighted by atomic mass is 9.79. The van der Waals surface area contributed by atoms with Gasteiger partial charge in [-0.25, -0.2) is 0 Å². The Morgan fingerprint density at radius 3 is 2.54 bits per heavy atom. The molecule has 3 N–H and O–H groups in total. The van der Waals surface area contributed by atoms with Crippen molar-refractivity contribution in [3.05, 3.63) is 65.2 Å². The lowest BCUT2D eigenvalue weighted by molar-refractivity contribution is 0.0713. The minimum atomic E-state index is -1.56. The number of hydrogen-bond acceptors (Lipinski definition) is 4. The van der Waals surface area contributed by atoms with E-state index in [2.05, 4.69) is 43.4 Å². The van der Waals surface area contributed by atoms with Gasteiger partial charge in [0, 0.05) is 31.2 Å². The van der Waals surface area contributed by atoms with Gasteiger partial charge in [0.05, 0.1) is 0 Å². The first-order valence-electron chi connectivity index (χ1n) is 10.0. The number of piperidine rings is 1. The molecule has 0 spiro atoms. The van der Waals surface area contributed by atoms with Gasteiger partial charge >= 0.3 is 7.12 Å². The van der Waals surface area contributed by atoms with Crippen LogP contribution in [-0.2, 0) is 6.54 Å². The minimum absolute atomic E-state index is 0.0455. The van der Waals surface area contributed by atoms with Crippen molar-refractivity contribution in [1.29, 1.82) is 0 Å². The number of rotatable bonds is 6. The summed E-state index contributed by atoms with van der Waals surface area (Å²) in [7, 11) is -1.56. The average Bonchev–Trinajstić information content (AvgIpc) is 2.72. The quantitative estimate of drug-likeness (QED) is 0.670. The zero-order valence-corrected chi connectivity index (χ0v) is 16.6. The lowest BCUT2D eigenvalue weighted by Crippen LogP contribution is -2.39. The van der Waals surface area contributed by atoms with Crippen LogP contribution in [0.15, 0.2) is 48.5 Å². The molecule has 0 atom stereocenters. The maximum absolute atomic E-state index is 12.8. The Hall–Kier alpha value is -2.15. The van der Waals surface area contributed by atoms with E-state index in [4.69, 9.17) is 0 Å². The summed E-state index contributed by atoms with van der Waals surface area (Å²) in [5, 5.41) is 22.1. The smallest absolute Gasteiger partial charge is 0.423 e. The van der Waals surface area contributed by atoms with Crippen LogP contribution in [0.25, 0.3) is 0 Å². The van der Waals surface area contributed by atoms with Crippen molar-refractivity contribution in [2.75, 3.05) is 13.1 Å². The molecule has 0 radical (unpaired) electrons. The standard InChI is InChI=1S/C22H29BN2O3/c1-16(2)24-15-17-5-3-6-19(13-17)18-9-11-25(12-10-18)22(26)20-7-4-8-21(14-20)23(27)28/h3-8,13-14,16,18,24,27-28H,9-12,15H2,1-2H3. The predicted octanol–water partition coefficient (Wildman–Crippen LogP) is 1.88. The van der Waals surface area contributed by atoms with Crippen LogP contribution >= 0.6 is 0 Å². The van der Waals surface area contributed by atoms with Crippen LogP contribution in [0.3, 0.4) is 0 Å². The Morgan fingerprint density at radius 1 is 1.14 bits per heavy atom. The second kappa shape index (κ2) is 9.37. The fourth-order valence-electron chi connectivity index (χ4n) is 3.71. The zero-order chi connectivity index (χ0) is 20.1. The van der Waals surface area contributed by atoms with Gasteiger partial charge in [-0.15, -0.1) is 0 Å². The second-order valence-corrected chi connectivity index (χ2v) is 7.85. The highest BCUT2D eigenvalue weighted by molar-refractivity contribution is 6.58. The number of carbonyl (C=O) groups excluding carboxylic acids is 1. The molecule has 1 heterocycles. The van der Waals surface area contributed by atoms with E-state index in [1.165, 1.54) is 11.1 Å². The molecule has 1 amide bonds. The second-order valence-electron chi connectivity index (χ2n) is 7.85. The molecule has 148 valence electrons. The number of nitrogens with one attached hydrogen (secondary N) is 1. The highest BCUT2D eigenvalue weighted by Crippen LogP contribution is 2.29. The fourth-order valence-corrected chi connectivity index (χ4v) is 3.71. The van der Waals surface area contributed by atoms with E-state index in [9.17, 15) is 14.8 Å². The number of hydrogen-bond donors (Lipinski definition) is 3. The summed E-state index contributed by atoms with van der Waals surface area (Å²) < 4.78 is 0. The van der Waals surface area contributed by atoms with Gasteiger partial charge in [0.2, 0.25) is 0 Å².